The summed E-state index contributed by atoms with van der Waals surface area (Å²) in [4.78, 5) is 42.9. The zero-order chi connectivity index (χ0) is 34.4. The summed E-state index contributed by atoms with van der Waals surface area (Å²) in [5.41, 5.74) is 2.29. The Bertz CT molecular complexity index is 1320. The van der Waals surface area contributed by atoms with Gasteiger partial charge < -0.3 is 25.5 Å². The Labute approximate surface area is 294 Å². The van der Waals surface area contributed by atoms with E-state index >= 15 is 0 Å². The molecule has 0 spiro atoms. The highest BCUT2D eigenvalue weighted by atomic mass is 16.3. The van der Waals surface area contributed by atoms with Crippen molar-refractivity contribution in [1.82, 2.24) is 20.4 Å². The molecule has 3 fully saturated rings. The Hall–Kier alpha value is -3.23. The van der Waals surface area contributed by atoms with Gasteiger partial charge in [0.2, 0.25) is 5.91 Å². The number of aliphatic hydroxyl groups excluding tert-OH is 1. The van der Waals surface area contributed by atoms with E-state index < -0.39 is 6.10 Å². The van der Waals surface area contributed by atoms with Gasteiger partial charge in [-0.05, 0) is 55.6 Å². The SMILES string of the molecule is CCCCCCCCCCCCCCCN[C@H]1CN(C(=O)c2ccc(C(=O)N3CC[C@H](C(=O)N[C@H]4C[C@@H]4c4ccccc4)C3)cc2)C[C@@H]1O. The summed E-state index contributed by atoms with van der Waals surface area (Å²) < 4.78 is 0. The predicted molar refractivity (Wildman–Crippen MR) is 196 cm³/mol. The van der Waals surface area contributed by atoms with Gasteiger partial charge in [-0.25, -0.2) is 0 Å². The predicted octanol–water partition coefficient (Wildman–Crippen LogP) is 6.69. The molecule has 2 aromatic carbocycles. The average molecular weight is 673 g/mol. The first-order valence-corrected chi connectivity index (χ1v) is 19.4. The number of hydrogen-bond donors (Lipinski definition) is 3. The Kier molecular flexibility index (Phi) is 14.5. The van der Waals surface area contributed by atoms with Gasteiger partial charge in [0.05, 0.1) is 18.1 Å². The molecule has 2 heterocycles. The number of nitrogens with zero attached hydrogens (tertiary/aromatic N) is 2. The summed E-state index contributed by atoms with van der Waals surface area (Å²) >= 11 is 0. The molecule has 8 nitrogen and oxygen atoms in total. The second-order valence-electron chi connectivity index (χ2n) is 14.8. The van der Waals surface area contributed by atoms with Crippen LogP contribution in [-0.2, 0) is 4.79 Å². The van der Waals surface area contributed by atoms with E-state index in [1.165, 1.54) is 82.6 Å². The maximum atomic E-state index is 13.2. The first kappa shape index (κ1) is 37.0. The van der Waals surface area contributed by atoms with Crippen LogP contribution in [0.1, 0.15) is 135 Å². The molecule has 8 heteroatoms. The molecule has 1 aliphatic carbocycles. The number of carbonyl (C=O) groups is 3. The average Bonchev–Trinajstić information content (AvgIpc) is 3.52. The molecular formula is C41H60N4O4. The summed E-state index contributed by atoms with van der Waals surface area (Å²) in [7, 11) is 0. The molecule has 1 saturated carbocycles. The van der Waals surface area contributed by atoms with Gasteiger partial charge in [0.1, 0.15) is 0 Å². The molecule has 3 amide bonds. The standard InChI is InChI=1S/C41H60N4O4/c1-2-3-4-5-6-7-8-9-10-11-12-13-17-25-42-37-29-45(30-38(37)46)41(49)33-22-20-32(21-23-33)40(48)44-26-24-34(28-44)39(47)43-36-27-35(36)31-18-15-14-16-19-31/h14-16,18-23,34-38,42,46H,2-13,17,24-30H2,1H3,(H,43,47)/t34-,35+,36-,37-,38-/m0/s1. The first-order valence-electron chi connectivity index (χ1n) is 19.4. The van der Waals surface area contributed by atoms with Crippen molar-refractivity contribution in [3.05, 3.63) is 71.3 Å². The lowest BCUT2D eigenvalue weighted by atomic mass is 10.0. The number of carbonyl (C=O) groups excluding carboxylic acids is 3. The Balaban J connectivity index is 0.945. The third kappa shape index (κ3) is 11.1. The number of rotatable bonds is 20. The summed E-state index contributed by atoms with van der Waals surface area (Å²) in [6.45, 7) is 4.86. The molecule has 2 aliphatic heterocycles. The molecule has 5 rings (SSSR count). The highest BCUT2D eigenvalue weighted by Gasteiger charge is 2.41. The van der Waals surface area contributed by atoms with Gasteiger partial charge in [-0.3, -0.25) is 14.4 Å². The van der Waals surface area contributed by atoms with Crippen LogP contribution < -0.4 is 10.6 Å². The zero-order valence-electron chi connectivity index (χ0n) is 29.8. The number of nitrogens with one attached hydrogen (secondary N) is 2. The number of likely N-dealkylation sites (tertiary alicyclic amines) is 2. The van der Waals surface area contributed by atoms with Crippen LogP contribution in [0.5, 0.6) is 0 Å². The summed E-state index contributed by atoms with van der Waals surface area (Å²) in [6.07, 6.45) is 18.2. The lowest BCUT2D eigenvalue weighted by molar-refractivity contribution is -0.124. The molecule has 2 aromatic rings. The summed E-state index contributed by atoms with van der Waals surface area (Å²) in [5, 5.41) is 17.3. The number of benzene rings is 2. The molecule has 0 aromatic heterocycles. The molecule has 0 bridgehead atoms. The quantitative estimate of drug-likeness (QED) is 0.136. The summed E-state index contributed by atoms with van der Waals surface area (Å²) in [5.74, 6) is -0.0310. The molecule has 2 saturated heterocycles. The topological polar surface area (TPSA) is 102 Å². The van der Waals surface area contributed by atoms with Crippen molar-refractivity contribution in [2.45, 2.75) is 127 Å². The van der Waals surface area contributed by atoms with Gasteiger partial charge in [0, 0.05) is 49.3 Å². The second kappa shape index (κ2) is 19.2. The fourth-order valence-corrected chi connectivity index (χ4v) is 7.59. The van der Waals surface area contributed by atoms with E-state index in [0.29, 0.717) is 49.6 Å². The fourth-order valence-electron chi connectivity index (χ4n) is 7.59. The van der Waals surface area contributed by atoms with Crippen LogP contribution in [0.15, 0.2) is 54.6 Å². The lowest BCUT2D eigenvalue weighted by Crippen LogP contribution is -2.39. The number of hydrogen-bond acceptors (Lipinski definition) is 5. The maximum Gasteiger partial charge on any atom is 0.253 e. The van der Waals surface area contributed by atoms with E-state index in [1.54, 1.807) is 34.1 Å². The molecule has 3 N–H and O–H groups in total. The van der Waals surface area contributed by atoms with Crippen LogP contribution >= 0.6 is 0 Å². The number of aliphatic hydroxyl groups is 1. The van der Waals surface area contributed by atoms with Crippen molar-refractivity contribution in [2.24, 2.45) is 5.92 Å². The van der Waals surface area contributed by atoms with Gasteiger partial charge in [0.15, 0.2) is 0 Å². The van der Waals surface area contributed by atoms with Crippen molar-refractivity contribution in [1.29, 1.82) is 0 Å². The largest absolute Gasteiger partial charge is 0.390 e. The molecule has 268 valence electrons. The lowest BCUT2D eigenvalue weighted by Gasteiger charge is -2.18. The monoisotopic (exact) mass is 672 g/mol. The highest BCUT2D eigenvalue weighted by Crippen LogP contribution is 2.41. The summed E-state index contributed by atoms with van der Waals surface area (Å²) in [6, 6.07) is 17.1. The number of amides is 3. The zero-order valence-corrected chi connectivity index (χ0v) is 29.8. The second-order valence-corrected chi connectivity index (χ2v) is 14.8. The van der Waals surface area contributed by atoms with Crippen LogP contribution in [-0.4, -0.2) is 83.5 Å². The van der Waals surface area contributed by atoms with Crippen LogP contribution in [0, 0.1) is 5.92 Å². The van der Waals surface area contributed by atoms with E-state index in [0.717, 1.165) is 19.4 Å². The molecule has 0 unspecified atom stereocenters. The Morgan fingerprint density at radius 2 is 1.27 bits per heavy atom. The van der Waals surface area contributed by atoms with Crippen molar-refractivity contribution in [2.75, 3.05) is 32.7 Å². The van der Waals surface area contributed by atoms with Crippen molar-refractivity contribution >= 4 is 17.7 Å². The fraction of sp³-hybridized carbons (Fsp3) is 0.634. The van der Waals surface area contributed by atoms with Crippen LogP contribution in [0.2, 0.25) is 0 Å². The minimum absolute atomic E-state index is 0.0321. The van der Waals surface area contributed by atoms with E-state index in [4.69, 9.17) is 0 Å². The van der Waals surface area contributed by atoms with Gasteiger partial charge in [0.25, 0.3) is 11.8 Å². The smallest absolute Gasteiger partial charge is 0.253 e. The van der Waals surface area contributed by atoms with Gasteiger partial charge in [-0.2, -0.15) is 0 Å². The molecule has 0 radical (unpaired) electrons. The Morgan fingerprint density at radius 1 is 0.694 bits per heavy atom. The van der Waals surface area contributed by atoms with E-state index in [9.17, 15) is 19.5 Å². The van der Waals surface area contributed by atoms with Gasteiger partial charge >= 0.3 is 0 Å². The van der Waals surface area contributed by atoms with E-state index in [2.05, 4.69) is 29.7 Å². The van der Waals surface area contributed by atoms with Gasteiger partial charge in [-0.15, -0.1) is 0 Å². The third-order valence-electron chi connectivity index (χ3n) is 10.8. The van der Waals surface area contributed by atoms with E-state index in [-0.39, 0.29) is 35.7 Å². The van der Waals surface area contributed by atoms with Crippen LogP contribution in [0.25, 0.3) is 0 Å². The highest BCUT2D eigenvalue weighted by molar-refractivity contribution is 5.98. The first-order chi connectivity index (χ1) is 23.9. The van der Waals surface area contributed by atoms with Crippen molar-refractivity contribution in [3.63, 3.8) is 0 Å². The third-order valence-corrected chi connectivity index (χ3v) is 10.8. The maximum absolute atomic E-state index is 13.2. The minimum atomic E-state index is -0.587. The molecule has 49 heavy (non-hydrogen) atoms. The van der Waals surface area contributed by atoms with Crippen LogP contribution in [0.4, 0.5) is 0 Å². The van der Waals surface area contributed by atoms with Crippen molar-refractivity contribution < 1.29 is 19.5 Å². The normalized spacial score (nSPS) is 23.2. The number of β-amino-alcohol motifs (C(OH)–C–C–N with tert-alkyl or cyclic N) is 1. The van der Waals surface area contributed by atoms with Crippen LogP contribution in [0.3, 0.4) is 0 Å². The Morgan fingerprint density at radius 3 is 1.88 bits per heavy atom. The van der Waals surface area contributed by atoms with Crippen molar-refractivity contribution in [3.8, 4) is 0 Å². The molecule has 5 atom stereocenters. The number of unbranched alkanes of at least 4 members (excludes halogenated alkanes) is 12. The van der Waals surface area contributed by atoms with E-state index in [1.807, 2.05) is 18.2 Å². The van der Waals surface area contributed by atoms with Gasteiger partial charge in [-0.1, -0.05) is 114 Å². The molecular weight excluding hydrogens is 612 g/mol. The minimum Gasteiger partial charge on any atom is -0.390 e. The molecule has 3 aliphatic rings.